The molecule has 0 spiro atoms. The number of rotatable bonds is 5. The van der Waals surface area contributed by atoms with E-state index in [-0.39, 0.29) is 18.2 Å². The van der Waals surface area contributed by atoms with Gasteiger partial charge in [-0.15, -0.1) is 0 Å². The lowest BCUT2D eigenvalue weighted by Gasteiger charge is -2.12. The summed E-state index contributed by atoms with van der Waals surface area (Å²) in [5, 5.41) is 6.83. The number of methoxy groups -OCH3 is 1. The van der Waals surface area contributed by atoms with Crippen LogP contribution < -0.4 is 15.8 Å². The van der Waals surface area contributed by atoms with E-state index in [4.69, 9.17) is 16.3 Å². The van der Waals surface area contributed by atoms with E-state index in [1.807, 2.05) is 0 Å². The van der Waals surface area contributed by atoms with E-state index < -0.39 is 11.7 Å². The van der Waals surface area contributed by atoms with Gasteiger partial charge in [-0.25, -0.2) is 19.3 Å². The van der Waals surface area contributed by atoms with Crippen molar-refractivity contribution in [3.8, 4) is 17.4 Å². The number of nitrogens with one attached hydrogen (secondary N) is 1. The van der Waals surface area contributed by atoms with Gasteiger partial charge in [0.2, 0.25) is 11.7 Å². The van der Waals surface area contributed by atoms with Gasteiger partial charge in [0, 0.05) is 23.5 Å². The average Bonchev–Trinajstić information content (AvgIpc) is 2.99. The summed E-state index contributed by atoms with van der Waals surface area (Å²) in [6, 6.07) is 4.89. The fraction of sp³-hybridized carbons (Fsp3) is 0.188. The number of anilines is 1. The minimum atomic E-state index is -0.790. The summed E-state index contributed by atoms with van der Waals surface area (Å²) in [5.74, 6) is -0.636. The van der Waals surface area contributed by atoms with Crippen molar-refractivity contribution in [1.29, 1.82) is 0 Å². The Morgan fingerprint density at radius 2 is 2.08 bits per heavy atom. The smallest absolute Gasteiger partial charge is 0.442 e. The zero-order chi connectivity index (χ0) is 18.7. The normalized spacial score (nSPS) is 10.6. The summed E-state index contributed by atoms with van der Waals surface area (Å²) in [6.07, 6.45) is 2.99. The highest BCUT2D eigenvalue weighted by molar-refractivity contribution is 6.31. The predicted molar refractivity (Wildman–Crippen MR) is 93.2 cm³/mol. The van der Waals surface area contributed by atoms with Crippen LogP contribution in [-0.2, 0) is 11.3 Å². The maximum Gasteiger partial charge on any atom is 0.442 e. The Morgan fingerprint density at radius 3 is 2.77 bits per heavy atom. The lowest BCUT2D eigenvalue weighted by atomic mass is 10.2. The largest absolute Gasteiger partial charge is 0.495 e. The van der Waals surface area contributed by atoms with Gasteiger partial charge in [0.25, 0.3) is 0 Å². The van der Waals surface area contributed by atoms with Crippen LogP contribution in [0.3, 0.4) is 0 Å². The molecule has 0 fully saturated rings. The molecule has 0 radical (unpaired) electrons. The molecule has 9 nitrogen and oxygen atoms in total. The second-order valence-corrected chi connectivity index (χ2v) is 5.69. The van der Waals surface area contributed by atoms with Gasteiger partial charge in [-0.2, -0.15) is 0 Å². The van der Waals surface area contributed by atoms with E-state index in [1.165, 1.54) is 19.5 Å². The van der Waals surface area contributed by atoms with Crippen LogP contribution in [0.5, 0.6) is 5.75 Å². The van der Waals surface area contributed by atoms with Crippen molar-refractivity contribution in [1.82, 2.24) is 19.7 Å². The number of nitrogens with zero attached hydrogens (tertiary/aromatic N) is 4. The standard InChI is InChI=1S/C16H14ClN5O4/c1-9-6-11(12(25-2)7-10(9)17)20-13(23)8-22-15(21-26-16(22)24)14-18-4-3-5-19-14/h3-7H,8H2,1-2H3,(H,20,23). The Kier molecular flexibility index (Phi) is 4.99. The summed E-state index contributed by atoms with van der Waals surface area (Å²) in [6.45, 7) is 1.47. The third-order valence-electron chi connectivity index (χ3n) is 3.51. The molecule has 0 saturated heterocycles. The zero-order valence-corrected chi connectivity index (χ0v) is 14.6. The van der Waals surface area contributed by atoms with Crippen LogP contribution in [0.2, 0.25) is 5.02 Å². The van der Waals surface area contributed by atoms with E-state index in [0.717, 1.165) is 10.1 Å². The molecule has 2 aromatic heterocycles. The topological polar surface area (TPSA) is 112 Å². The molecule has 0 saturated carbocycles. The molecular weight excluding hydrogens is 362 g/mol. The van der Waals surface area contributed by atoms with Gasteiger partial charge in [0.05, 0.1) is 12.8 Å². The number of aromatic nitrogens is 4. The first kappa shape index (κ1) is 17.6. The van der Waals surface area contributed by atoms with Crippen molar-refractivity contribution in [2.45, 2.75) is 13.5 Å². The Hall–Kier alpha value is -3.20. The molecule has 0 aliphatic carbocycles. The molecule has 1 amide bonds. The molecular formula is C16H14ClN5O4. The molecule has 2 heterocycles. The van der Waals surface area contributed by atoms with Gasteiger partial charge < -0.3 is 10.1 Å². The highest BCUT2D eigenvalue weighted by Crippen LogP contribution is 2.30. The quantitative estimate of drug-likeness (QED) is 0.724. The molecule has 0 bridgehead atoms. The predicted octanol–water partition coefficient (Wildman–Crippen LogP) is 1.90. The zero-order valence-electron chi connectivity index (χ0n) is 13.9. The third kappa shape index (κ3) is 3.57. The number of carbonyl (C=O) groups excluding carboxylic acids is 1. The minimum absolute atomic E-state index is 0.0602. The van der Waals surface area contributed by atoms with Crippen LogP contribution in [0.4, 0.5) is 5.69 Å². The SMILES string of the molecule is COc1cc(Cl)c(C)cc1NC(=O)Cn1c(-c2ncccn2)noc1=O. The first-order chi connectivity index (χ1) is 12.5. The summed E-state index contributed by atoms with van der Waals surface area (Å²) in [4.78, 5) is 32.3. The molecule has 1 N–H and O–H groups in total. The Bertz CT molecular complexity index is 1000. The van der Waals surface area contributed by atoms with Crippen LogP contribution in [0, 0.1) is 6.92 Å². The molecule has 10 heteroatoms. The number of aryl methyl sites for hydroxylation is 1. The summed E-state index contributed by atoms with van der Waals surface area (Å²) >= 11 is 6.05. The van der Waals surface area contributed by atoms with Crippen molar-refractivity contribution in [3.63, 3.8) is 0 Å². The lowest BCUT2D eigenvalue weighted by Crippen LogP contribution is -2.26. The van der Waals surface area contributed by atoms with Crippen LogP contribution >= 0.6 is 11.6 Å². The van der Waals surface area contributed by atoms with Gasteiger partial charge in [0.15, 0.2) is 5.82 Å². The maximum absolute atomic E-state index is 12.4. The van der Waals surface area contributed by atoms with Crippen molar-refractivity contribution in [2.24, 2.45) is 0 Å². The number of amides is 1. The van der Waals surface area contributed by atoms with Gasteiger partial charge in [0.1, 0.15) is 12.3 Å². The van der Waals surface area contributed by atoms with E-state index in [1.54, 1.807) is 25.1 Å². The van der Waals surface area contributed by atoms with E-state index in [9.17, 15) is 9.59 Å². The van der Waals surface area contributed by atoms with Gasteiger partial charge >= 0.3 is 5.76 Å². The monoisotopic (exact) mass is 375 g/mol. The molecule has 3 rings (SSSR count). The number of benzene rings is 1. The van der Waals surface area contributed by atoms with Crippen LogP contribution in [0.1, 0.15) is 5.56 Å². The Labute approximate surface area is 152 Å². The third-order valence-corrected chi connectivity index (χ3v) is 3.92. The number of carbonyl (C=O) groups is 1. The van der Waals surface area contributed by atoms with E-state index in [0.29, 0.717) is 16.5 Å². The van der Waals surface area contributed by atoms with Crippen LogP contribution in [-0.4, -0.2) is 32.7 Å². The number of hydrogen-bond donors (Lipinski definition) is 1. The minimum Gasteiger partial charge on any atom is -0.495 e. The maximum atomic E-state index is 12.4. The van der Waals surface area contributed by atoms with Crippen LogP contribution in [0.15, 0.2) is 39.9 Å². The molecule has 0 unspecified atom stereocenters. The van der Waals surface area contributed by atoms with Crippen molar-refractivity contribution in [3.05, 3.63) is 51.7 Å². The highest BCUT2D eigenvalue weighted by Gasteiger charge is 2.18. The average molecular weight is 376 g/mol. The first-order valence-corrected chi connectivity index (χ1v) is 7.85. The van der Waals surface area contributed by atoms with Crippen molar-refractivity contribution < 1.29 is 14.1 Å². The fourth-order valence-corrected chi connectivity index (χ4v) is 2.40. The molecule has 0 atom stereocenters. The van der Waals surface area contributed by atoms with Gasteiger partial charge in [-0.3, -0.25) is 9.32 Å². The van der Waals surface area contributed by atoms with Crippen molar-refractivity contribution >= 4 is 23.2 Å². The molecule has 0 aliphatic rings. The molecule has 134 valence electrons. The van der Waals surface area contributed by atoms with Crippen molar-refractivity contribution in [2.75, 3.05) is 12.4 Å². The lowest BCUT2D eigenvalue weighted by molar-refractivity contribution is -0.116. The summed E-state index contributed by atoms with van der Waals surface area (Å²) in [5.41, 5.74) is 1.20. The van der Waals surface area contributed by atoms with E-state index >= 15 is 0 Å². The highest BCUT2D eigenvalue weighted by atomic mass is 35.5. The number of hydrogen-bond acceptors (Lipinski definition) is 7. The number of halogens is 1. The molecule has 1 aromatic carbocycles. The summed E-state index contributed by atoms with van der Waals surface area (Å²) in [7, 11) is 1.46. The fourth-order valence-electron chi connectivity index (χ4n) is 2.25. The Morgan fingerprint density at radius 1 is 1.35 bits per heavy atom. The molecule has 26 heavy (non-hydrogen) atoms. The van der Waals surface area contributed by atoms with Crippen LogP contribution in [0.25, 0.3) is 11.6 Å². The number of ether oxygens (including phenoxy) is 1. The second kappa shape index (κ2) is 7.36. The molecule has 0 aliphatic heterocycles. The molecule has 3 aromatic rings. The van der Waals surface area contributed by atoms with Gasteiger partial charge in [-0.1, -0.05) is 16.8 Å². The second-order valence-electron chi connectivity index (χ2n) is 5.28. The van der Waals surface area contributed by atoms with E-state index in [2.05, 4.69) is 25.0 Å². The first-order valence-electron chi connectivity index (χ1n) is 7.47. The van der Waals surface area contributed by atoms with Gasteiger partial charge in [-0.05, 0) is 24.6 Å². The summed E-state index contributed by atoms with van der Waals surface area (Å²) < 4.78 is 10.9. The Balaban J connectivity index is 1.85.